The van der Waals surface area contributed by atoms with E-state index in [1.165, 1.54) is 0 Å². The Morgan fingerprint density at radius 3 is 2.53 bits per heavy atom. The van der Waals surface area contributed by atoms with Crippen LogP contribution in [0.15, 0.2) is 23.1 Å². The van der Waals surface area contributed by atoms with Crippen LogP contribution >= 0.6 is 11.6 Å². The molecule has 2 aliphatic rings. The van der Waals surface area contributed by atoms with E-state index in [9.17, 15) is 36.3 Å². The Kier molecular flexibility index (Phi) is 6.23. The van der Waals surface area contributed by atoms with Crippen molar-refractivity contribution in [3.8, 4) is 11.8 Å². The number of hydrogen-bond acceptors (Lipinski definition) is 6. The van der Waals surface area contributed by atoms with E-state index in [2.05, 4.69) is 10.1 Å². The highest BCUT2D eigenvalue weighted by molar-refractivity contribution is 7.92. The molecule has 0 bridgehead atoms. The lowest BCUT2D eigenvalue weighted by molar-refractivity contribution is -0.153. The third-order valence-corrected chi connectivity index (χ3v) is 7.80. The van der Waals surface area contributed by atoms with Gasteiger partial charge < -0.3 is 15.2 Å². The van der Waals surface area contributed by atoms with E-state index in [4.69, 9.17) is 16.9 Å². The number of amides is 2. The van der Waals surface area contributed by atoms with Gasteiger partial charge in [-0.2, -0.15) is 18.4 Å². The highest BCUT2D eigenvalue weighted by Crippen LogP contribution is 2.37. The second kappa shape index (κ2) is 8.32. The van der Waals surface area contributed by atoms with Crippen LogP contribution in [0.1, 0.15) is 19.3 Å². The first kappa shape index (κ1) is 23.9. The molecule has 2 N–H and O–H groups in total. The molecule has 174 valence electrons. The van der Waals surface area contributed by atoms with Crippen molar-refractivity contribution in [1.82, 2.24) is 10.2 Å². The highest BCUT2D eigenvalue weighted by Gasteiger charge is 2.50. The summed E-state index contributed by atoms with van der Waals surface area (Å²) in [7, 11) is -4.26. The van der Waals surface area contributed by atoms with Crippen molar-refractivity contribution in [1.29, 1.82) is 5.26 Å². The fraction of sp³-hybridized carbons (Fsp3) is 0.500. The molecule has 0 unspecified atom stereocenters. The minimum atomic E-state index is -4.60. The summed E-state index contributed by atoms with van der Waals surface area (Å²) in [5, 5.41) is 19.3. The number of sulfone groups is 1. The predicted octanol–water partition coefficient (Wildman–Crippen LogP) is 2.35. The number of nitrogens with one attached hydrogen (secondary N) is 1. The molecule has 1 saturated carbocycles. The molecular weight excluding hydrogens is 479 g/mol. The maximum atomic E-state index is 13.1. The largest absolute Gasteiger partial charge is 0.484 e. The summed E-state index contributed by atoms with van der Waals surface area (Å²) < 4.78 is 67.5. The molecule has 1 aliphatic heterocycles. The van der Waals surface area contributed by atoms with Crippen molar-refractivity contribution in [2.75, 3.05) is 13.2 Å². The van der Waals surface area contributed by atoms with Crippen molar-refractivity contribution < 1.29 is 41.0 Å². The van der Waals surface area contributed by atoms with Gasteiger partial charge in [-0.3, -0.25) is 9.69 Å². The van der Waals surface area contributed by atoms with Gasteiger partial charge in [-0.1, -0.05) is 11.6 Å². The van der Waals surface area contributed by atoms with E-state index < -0.39 is 67.9 Å². The first-order chi connectivity index (χ1) is 14.8. The van der Waals surface area contributed by atoms with E-state index in [0.717, 1.165) is 18.2 Å². The third-order valence-electron chi connectivity index (χ3n) is 5.19. The molecule has 0 spiro atoms. The second-order valence-corrected chi connectivity index (χ2v) is 10.1. The van der Waals surface area contributed by atoms with E-state index >= 15 is 0 Å². The van der Waals surface area contributed by atoms with E-state index in [1.54, 1.807) is 0 Å². The van der Waals surface area contributed by atoms with Gasteiger partial charge in [0.25, 0.3) is 0 Å². The number of rotatable bonds is 6. The number of ether oxygens (including phenoxy) is 1. The zero-order valence-corrected chi connectivity index (χ0v) is 17.8. The van der Waals surface area contributed by atoms with Crippen LogP contribution in [-0.2, 0) is 14.6 Å². The number of carbonyl (C=O) groups excluding carboxylic acids is 1. The Hall–Kier alpha value is -2.72. The number of alkyl halides is 3. The maximum absolute atomic E-state index is 13.1. The normalized spacial score (nSPS) is 22.2. The van der Waals surface area contributed by atoms with Crippen molar-refractivity contribution in [2.24, 2.45) is 0 Å². The average molecular weight is 496 g/mol. The van der Waals surface area contributed by atoms with E-state index in [1.807, 2.05) is 6.07 Å². The molecule has 32 heavy (non-hydrogen) atoms. The molecule has 9 nitrogen and oxygen atoms in total. The minimum Gasteiger partial charge on any atom is -0.484 e. The van der Waals surface area contributed by atoms with Gasteiger partial charge in [0, 0.05) is 12.6 Å². The molecule has 1 aromatic rings. The van der Waals surface area contributed by atoms with Crippen molar-refractivity contribution in [2.45, 2.75) is 47.2 Å². The molecule has 2 atom stereocenters. The number of halogens is 4. The van der Waals surface area contributed by atoms with Crippen LogP contribution in [0.3, 0.4) is 0 Å². The molecule has 3 rings (SSSR count). The third kappa shape index (κ3) is 5.02. The van der Waals surface area contributed by atoms with Crippen molar-refractivity contribution in [3.63, 3.8) is 0 Å². The van der Waals surface area contributed by atoms with Crippen molar-refractivity contribution in [3.05, 3.63) is 23.2 Å². The minimum absolute atomic E-state index is 0.298. The van der Waals surface area contributed by atoms with Crippen LogP contribution in [0.5, 0.6) is 5.75 Å². The van der Waals surface area contributed by atoms with Gasteiger partial charge in [-0.15, -0.1) is 0 Å². The lowest BCUT2D eigenvalue weighted by Crippen LogP contribution is -2.49. The van der Waals surface area contributed by atoms with Gasteiger partial charge in [0.15, 0.2) is 16.4 Å². The smallest absolute Gasteiger partial charge is 0.422 e. The molecule has 0 aromatic heterocycles. The molecular formula is C18H17ClF3N3O6S. The molecule has 0 radical (unpaired) electrons. The van der Waals surface area contributed by atoms with Gasteiger partial charge in [0.05, 0.1) is 21.2 Å². The van der Waals surface area contributed by atoms with E-state index in [0.29, 0.717) is 17.7 Å². The average Bonchev–Trinajstić information content (AvgIpc) is 3.30. The highest BCUT2D eigenvalue weighted by atomic mass is 35.5. The Balaban J connectivity index is 1.80. The second-order valence-electron chi connectivity index (χ2n) is 7.53. The van der Waals surface area contributed by atoms with Crippen LogP contribution in [-0.4, -0.2) is 66.6 Å². The summed E-state index contributed by atoms with van der Waals surface area (Å²) >= 11 is 5.97. The van der Waals surface area contributed by atoms with Gasteiger partial charge in [-0.05, 0) is 31.4 Å². The summed E-state index contributed by atoms with van der Waals surface area (Å²) in [6.45, 7) is -2.11. The predicted molar refractivity (Wildman–Crippen MR) is 103 cm³/mol. The number of carbonyl (C=O) groups is 2. The Morgan fingerprint density at radius 1 is 1.38 bits per heavy atom. The fourth-order valence-corrected chi connectivity index (χ4v) is 5.57. The Bertz CT molecular complexity index is 1080. The van der Waals surface area contributed by atoms with Gasteiger partial charge in [0.1, 0.15) is 17.3 Å². The lowest BCUT2D eigenvalue weighted by atomic mass is 10.2. The van der Waals surface area contributed by atoms with Crippen LogP contribution in [0.25, 0.3) is 0 Å². The summed E-state index contributed by atoms with van der Waals surface area (Å²) in [4.78, 5) is 24.4. The Morgan fingerprint density at radius 2 is 2.03 bits per heavy atom. The summed E-state index contributed by atoms with van der Waals surface area (Å²) in [6, 6.07) is 3.49. The number of nitriles is 1. The maximum Gasteiger partial charge on any atom is 0.422 e. The van der Waals surface area contributed by atoms with Crippen LogP contribution in [0.2, 0.25) is 5.02 Å². The number of hydrogen-bond donors (Lipinski definition) is 2. The molecule has 2 amide bonds. The molecule has 1 aliphatic carbocycles. The number of benzene rings is 1. The summed E-state index contributed by atoms with van der Waals surface area (Å²) in [6.07, 6.45) is -5.65. The first-order valence-electron chi connectivity index (χ1n) is 9.24. The molecule has 1 saturated heterocycles. The zero-order chi connectivity index (χ0) is 23.9. The standard InChI is InChI=1S/C18H17ClF3N3O6S/c19-12-5-10(31-9-18(20,21)22)1-2-14(12)32(29,30)11-6-13(25(7-11)16(27)28)15(26)24-17(8-23)3-4-17/h1-2,5,11,13H,3-4,6-7,9H2,(H,24,26)(H,27,28)/t11-,13+/m1/s1. The first-order valence-corrected chi connectivity index (χ1v) is 11.2. The number of carboxylic acid groups (broad SMARTS) is 1. The molecule has 1 heterocycles. The Labute approximate surface area is 185 Å². The van der Waals surface area contributed by atoms with Crippen LogP contribution in [0, 0.1) is 11.3 Å². The van der Waals surface area contributed by atoms with Gasteiger partial charge >= 0.3 is 12.3 Å². The number of nitrogens with zero attached hydrogens (tertiary/aromatic N) is 2. The van der Waals surface area contributed by atoms with Crippen LogP contribution in [0.4, 0.5) is 18.0 Å². The number of likely N-dealkylation sites (tertiary alicyclic amines) is 1. The molecule has 1 aromatic carbocycles. The topological polar surface area (TPSA) is 137 Å². The summed E-state index contributed by atoms with van der Waals surface area (Å²) in [5.41, 5.74) is -1.06. The fourth-order valence-electron chi connectivity index (χ4n) is 3.34. The lowest BCUT2D eigenvalue weighted by Gasteiger charge is -2.21. The van der Waals surface area contributed by atoms with Crippen molar-refractivity contribution >= 4 is 33.4 Å². The van der Waals surface area contributed by atoms with Gasteiger partial charge in [-0.25, -0.2) is 13.2 Å². The zero-order valence-electron chi connectivity index (χ0n) is 16.2. The molecule has 14 heteroatoms. The SMILES string of the molecule is N#CC1(NC(=O)[C@@H]2C[C@@H](S(=O)(=O)c3ccc(OCC(F)(F)F)cc3Cl)CN2C(=O)O)CC1. The van der Waals surface area contributed by atoms with Crippen LogP contribution < -0.4 is 10.1 Å². The monoisotopic (exact) mass is 495 g/mol. The van der Waals surface area contributed by atoms with Gasteiger partial charge in [0.2, 0.25) is 5.91 Å². The summed E-state index contributed by atoms with van der Waals surface area (Å²) in [5.74, 6) is -1.07. The van der Waals surface area contributed by atoms with E-state index in [-0.39, 0.29) is 12.2 Å². The quantitative estimate of drug-likeness (QED) is 0.618. The molecule has 2 fully saturated rings.